The molecule has 3 aromatic rings. The van der Waals surface area contributed by atoms with Gasteiger partial charge < -0.3 is 19.9 Å². The lowest BCUT2D eigenvalue weighted by atomic mass is 9.91. The Morgan fingerprint density at radius 3 is 2.88 bits per heavy atom. The van der Waals surface area contributed by atoms with Crippen LogP contribution in [0, 0.1) is 6.92 Å². The number of piperidine rings is 1. The molecule has 5 rings (SSSR count). The number of nitrogens with zero attached hydrogens (tertiary/aromatic N) is 4. The number of hydrogen-bond acceptors (Lipinski definition) is 7. The van der Waals surface area contributed by atoms with Crippen LogP contribution in [0.2, 0.25) is 0 Å². The van der Waals surface area contributed by atoms with Crippen molar-refractivity contribution in [2.75, 3.05) is 32.8 Å². The first kappa shape index (κ1) is 22.1. The number of benzene rings is 1. The lowest BCUT2D eigenvalue weighted by Gasteiger charge is -2.31. The highest BCUT2D eigenvalue weighted by Crippen LogP contribution is 2.34. The summed E-state index contributed by atoms with van der Waals surface area (Å²) in [5.41, 5.74) is 9.29. The van der Waals surface area contributed by atoms with Crippen molar-refractivity contribution in [1.29, 1.82) is 0 Å². The van der Waals surface area contributed by atoms with Gasteiger partial charge in [-0.25, -0.2) is 4.98 Å². The largest absolute Gasteiger partial charge is 0.492 e. The van der Waals surface area contributed by atoms with E-state index in [1.54, 1.807) is 0 Å². The normalized spacial score (nSPS) is 17.4. The minimum Gasteiger partial charge on any atom is -0.492 e. The highest BCUT2D eigenvalue weighted by molar-refractivity contribution is 5.81. The summed E-state index contributed by atoms with van der Waals surface area (Å²) in [5, 5.41) is 5.46. The summed E-state index contributed by atoms with van der Waals surface area (Å²) in [6.07, 6.45) is 5.96. The predicted octanol–water partition coefficient (Wildman–Crippen LogP) is 2.79. The molecule has 2 N–H and O–H groups in total. The first-order valence-electron chi connectivity index (χ1n) is 12.2. The van der Waals surface area contributed by atoms with Crippen molar-refractivity contribution in [1.82, 2.24) is 19.6 Å². The number of rotatable bonds is 7. The van der Waals surface area contributed by atoms with E-state index in [0.717, 1.165) is 104 Å². The van der Waals surface area contributed by atoms with Crippen molar-refractivity contribution >= 4 is 11.0 Å². The third kappa shape index (κ3) is 4.54. The Balaban J connectivity index is 1.20. The van der Waals surface area contributed by atoms with Gasteiger partial charge in [-0.2, -0.15) is 0 Å². The molecule has 4 heterocycles. The second-order valence-corrected chi connectivity index (χ2v) is 9.23. The van der Waals surface area contributed by atoms with Crippen LogP contribution in [0.4, 0.5) is 0 Å². The molecule has 0 unspecified atom stereocenters. The molecule has 0 amide bonds. The monoisotopic (exact) mass is 451 g/mol. The molecule has 8 nitrogen and oxygen atoms in total. The van der Waals surface area contributed by atoms with Gasteiger partial charge in [-0.15, -0.1) is 0 Å². The Hall–Kier alpha value is -2.71. The van der Waals surface area contributed by atoms with Crippen molar-refractivity contribution < 1.29 is 9.26 Å². The van der Waals surface area contributed by atoms with Crippen LogP contribution in [-0.2, 0) is 19.4 Å². The van der Waals surface area contributed by atoms with E-state index < -0.39 is 0 Å². The van der Waals surface area contributed by atoms with Crippen LogP contribution < -0.4 is 16.0 Å². The molecule has 33 heavy (non-hydrogen) atoms. The SMILES string of the molecule is Cc1nc2n(c(=O)c1CCN1CCC(c3noc4cc(OCCN)ccc34)CC1)CCCC2. The standard InChI is InChI=1S/C25H33N5O3/c1-17-20(25(31)30-11-3-2-4-23(30)27-17)9-14-29-12-7-18(8-13-29)24-21-6-5-19(32-15-10-26)16-22(21)33-28-24/h5-6,16,18H,2-4,7-15,26H2,1H3. The van der Waals surface area contributed by atoms with Gasteiger partial charge in [-0.05, 0) is 64.3 Å². The van der Waals surface area contributed by atoms with Gasteiger partial charge in [0.15, 0.2) is 5.58 Å². The summed E-state index contributed by atoms with van der Waals surface area (Å²) in [6, 6.07) is 5.89. The van der Waals surface area contributed by atoms with Crippen LogP contribution in [0.1, 0.15) is 54.4 Å². The molecule has 0 bridgehead atoms. The number of fused-ring (bicyclic) bond motifs is 2. The molecular weight excluding hydrogens is 418 g/mol. The van der Waals surface area contributed by atoms with Gasteiger partial charge in [0.1, 0.15) is 18.2 Å². The van der Waals surface area contributed by atoms with Gasteiger partial charge in [0.25, 0.3) is 5.56 Å². The van der Waals surface area contributed by atoms with E-state index in [4.69, 9.17) is 20.0 Å². The maximum Gasteiger partial charge on any atom is 0.256 e. The summed E-state index contributed by atoms with van der Waals surface area (Å²) in [5.74, 6) is 2.11. The Bertz CT molecular complexity index is 1180. The Labute approximate surface area is 193 Å². The molecule has 2 aromatic heterocycles. The topological polar surface area (TPSA) is 99.4 Å². The lowest BCUT2D eigenvalue weighted by molar-refractivity contribution is 0.211. The smallest absolute Gasteiger partial charge is 0.256 e. The quantitative estimate of drug-likeness (QED) is 0.590. The van der Waals surface area contributed by atoms with Crippen LogP contribution in [0.25, 0.3) is 11.0 Å². The maximum atomic E-state index is 13.0. The first-order valence-corrected chi connectivity index (χ1v) is 12.2. The zero-order chi connectivity index (χ0) is 22.8. The Morgan fingerprint density at radius 2 is 2.06 bits per heavy atom. The third-order valence-corrected chi connectivity index (χ3v) is 7.09. The van der Waals surface area contributed by atoms with Gasteiger partial charge in [0.05, 0.1) is 5.69 Å². The fourth-order valence-electron chi connectivity index (χ4n) is 5.22. The van der Waals surface area contributed by atoms with Crippen molar-refractivity contribution in [2.45, 2.75) is 57.9 Å². The summed E-state index contributed by atoms with van der Waals surface area (Å²) in [7, 11) is 0. The molecule has 1 fully saturated rings. The van der Waals surface area contributed by atoms with Crippen LogP contribution in [-0.4, -0.2) is 52.4 Å². The van der Waals surface area contributed by atoms with Crippen LogP contribution in [0.15, 0.2) is 27.5 Å². The molecule has 0 saturated carbocycles. The van der Waals surface area contributed by atoms with E-state index in [-0.39, 0.29) is 5.56 Å². The fourth-order valence-corrected chi connectivity index (χ4v) is 5.22. The fraction of sp³-hybridized carbons (Fsp3) is 0.560. The highest BCUT2D eigenvalue weighted by Gasteiger charge is 2.26. The van der Waals surface area contributed by atoms with E-state index in [2.05, 4.69) is 10.1 Å². The average molecular weight is 452 g/mol. The number of hydrogen-bond donors (Lipinski definition) is 1. The molecule has 2 aliphatic rings. The molecule has 176 valence electrons. The predicted molar refractivity (Wildman–Crippen MR) is 127 cm³/mol. The lowest BCUT2D eigenvalue weighted by Crippen LogP contribution is -2.37. The van der Waals surface area contributed by atoms with E-state index in [1.165, 1.54) is 0 Å². The van der Waals surface area contributed by atoms with Gasteiger partial charge in [0, 0.05) is 54.7 Å². The van der Waals surface area contributed by atoms with E-state index >= 15 is 0 Å². The molecule has 1 saturated heterocycles. The van der Waals surface area contributed by atoms with Gasteiger partial charge >= 0.3 is 0 Å². The molecule has 2 aliphatic heterocycles. The molecule has 0 spiro atoms. The number of aryl methyl sites for hydroxylation is 2. The van der Waals surface area contributed by atoms with E-state index in [0.29, 0.717) is 19.1 Å². The molecular formula is C25H33N5O3. The number of ether oxygens (including phenoxy) is 1. The number of aromatic nitrogens is 3. The number of likely N-dealkylation sites (tertiary alicyclic amines) is 1. The van der Waals surface area contributed by atoms with Crippen LogP contribution in [0.5, 0.6) is 5.75 Å². The summed E-state index contributed by atoms with van der Waals surface area (Å²) in [6.45, 7) is 6.65. The Morgan fingerprint density at radius 1 is 1.21 bits per heavy atom. The van der Waals surface area contributed by atoms with Crippen molar-refractivity contribution in [3.8, 4) is 5.75 Å². The highest BCUT2D eigenvalue weighted by atomic mass is 16.5. The molecule has 0 radical (unpaired) electrons. The zero-order valence-electron chi connectivity index (χ0n) is 19.4. The molecule has 8 heteroatoms. The summed E-state index contributed by atoms with van der Waals surface area (Å²) in [4.78, 5) is 20.2. The summed E-state index contributed by atoms with van der Waals surface area (Å²) >= 11 is 0. The molecule has 1 aromatic carbocycles. The van der Waals surface area contributed by atoms with E-state index in [1.807, 2.05) is 29.7 Å². The second kappa shape index (κ2) is 9.65. The van der Waals surface area contributed by atoms with Gasteiger partial charge in [0.2, 0.25) is 0 Å². The molecule has 0 atom stereocenters. The third-order valence-electron chi connectivity index (χ3n) is 7.09. The van der Waals surface area contributed by atoms with Gasteiger partial charge in [-0.1, -0.05) is 5.16 Å². The Kier molecular flexibility index (Phi) is 6.46. The van der Waals surface area contributed by atoms with Crippen molar-refractivity contribution in [2.24, 2.45) is 5.73 Å². The van der Waals surface area contributed by atoms with E-state index in [9.17, 15) is 4.79 Å². The zero-order valence-corrected chi connectivity index (χ0v) is 19.4. The second-order valence-electron chi connectivity index (χ2n) is 9.23. The maximum absolute atomic E-state index is 13.0. The average Bonchev–Trinajstić information content (AvgIpc) is 3.26. The van der Waals surface area contributed by atoms with Crippen molar-refractivity contribution in [3.05, 3.63) is 51.3 Å². The van der Waals surface area contributed by atoms with Gasteiger partial charge in [-0.3, -0.25) is 9.36 Å². The van der Waals surface area contributed by atoms with Crippen LogP contribution in [0.3, 0.4) is 0 Å². The first-order chi connectivity index (χ1) is 16.1. The minimum absolute atomic E-state index is 0.177. The van der Waals surface area contributed by atoms with Crippen LogP contribution >= 0.6 is 0 Å². The number of nitrogens with two attached hydrogens (primary N) is 1. The molecule has 0 aliphatic carbocycles. The summed E-state index contributed by atoms with van der Waals surface area (Å²) < 4.78 is 13.1. The minimum atomic E-state index is 0.177. The van der Waals surface area contributed by atoms with Crippen molar-refractivity contribution in [3.63, 3.8) is 0 Å².